The molecule has 4 rings (SSSR count). The van der Waals surface area contributed by atoms with E-state index in [1.54, 1.807) is 0 Å². The molecule has 0 aliphatic heterocycles. The smallest absolute Gasteiger partial charge is 0.0270 e. The summed E-state index contributed by atoms with van der Waals surface area (Å²) in [7, 11) is -0.931. The lowest BCUT2D eigenvalue weighted by Crippen LogP contribution is -1.95. The fourth-order valence-corrected chi connectivity index (χ4v) is 6.05. The van der Waals surface area contributed by atoms with Crippen molar-refractivity contribution >= 4 is 29.4 Å². The summed E-state index contributed by atoms with van der Waals surface area (Å²) in [5.41, 5.74) is 6.06. The number of benzene rings is 4. The molecule has 0 saturated heterocycles. The van der Waals surface area contributed by atoms with Crippen molar-refractivity contribution in [2.24, 2.45) is 0 Å². The van der Waals surface area contributed by atoms with Crippen LogP contribution in [0.15, 0.2) is 121 Å². The molecule has 0 amide bonds. The molecule has 4 aromatic carbocycles. The number of hydrogen-bond acceptors (Lipinski definition) is 0. The van der Waals surface area contributed by atoms with Crippen molar-refractivity contribution in [2.75, 3.05) is 0 Å². The van der Waals surface area contributed by atoms with Crippen molar-refractivity contribution in [1.82, 2.24) is 0 Å². The number of hydrogen-bond donors (Lipinski definition) is 0. The summed E-state index contributed by atoms with van der Waals surface area (Å²) in [6.07, 6.45) is 0.838. The van der Waals surface area contributed by atoms with E-state index < -0.39 is 7.27 Å². The Morgan fingerprint density at radius 2 is 0.897 bits per heavy atom. The molecule has 29 heavy (non-hydrogen) atoms. The molecular weight excluding hydrogens is 391 g/mol. The van der Waals surface area contributed by atoms with Gasteiger partial charge in [0, 0.05) is 18.8 Å². The van der Waals surface area contributed by atoms with Gasteiger partial charge in [-0.2, -0.15) is 0 Å². The predicted molar refractivity (Wildman–Crippen MR) is 128 cm³/mol. The number of rotatable bonds is 6. The van der Waals surface area contributed by atoms with Crippen molar-refractivity contribution in [1.29, 1.82) is 0 Å². The maximum absolute atomic E-state index is 7.22. The monoisotopic (exact) mass is 412 g/mol. The van der Waals surface area contributed by atoms with Crippen LogP contribution in [0.5, 0.6) is 0 Å². The summed E-state index contributed by atoms with van der Waals surface area (Å²) in [6, 6.07) is 42.3. The van der Waals surface area contributed by atoms with Gasteiger partial charge in [-0.15, -0.1) is 0 Å². The second kappa shape index (κ2) is 9.70. The maximum Gasteiger partial charge on any atom is 0.0270 e. The molecule has 0 N–H and O–H groups in total. The molecule has 4 aromatic rings. The summed E-state index contributed by atoms with van der Waals surface area (Å²) in [5.74, 6) is 0. The summed E-state index contributed by atoms with van der Waals surface area (Å²) in [6.45, 7) is 0. The van der Waals surface area contributed by atoms with Crippen LogP contribution in [0.2, 0.25) is 0 Å². The van der Waals surface area contributed by atoms with Gasteiger partial charge >= 0.3 is 0 Å². The van der Waals surface area contributed by atoms with E-state index >= 15 is 0 Å². The first-order valence-electron chi connectivity index (χ1n) is 9.71. The third-order valence-corrected chi connectivity index (χ3v) is 7.29. The molecule has 142 valence electrons. The highest BCUT2D eigenvalue weighted by Crippen LogP contribution is 2.60. The molecule has 0 aliphatic rings. The van der Waals surface area contributed by atoms with Crippen LogP contribution in [0.3, 0.4) is 0 Å². The lowest BCUT2D eigenvalue weighted by molar-refractivity contribution is 1.41. The van der Waals surface area contributed by atoms with Crippen LogP contribution < -0.4 is 0 Å². The lowest BCUT2D eigenvalue weighted by atomic mass is 9.95. The Bertz CT molecular complexity index is 1020. The highest BCUT2D eigenvalue weighted by atomic mass is 35.7. The van der Waals surface area contributed by atoms with Gasteiger partial charge in [-0.3, -0.25) is 0 Å². The van der Waals surface area contributed by atoms with Crippen molar-refractivity contribution in [3.05, 3.63) is 144 Å². The van der Waals surface area contributed by atoms with Crippen LogP contribution in [-0.4, -0.2) is 0 Å². The standard InChI is InChI=1S/C27H22ClP/c28-29(21-22-13-5-1-6-14-22)27(25-19-11-4-12-20-25)26(23-15-7-2-8-16-23)24-17-9-3-10-18-24/h1-20H,21H2. The molecule has 0 fully saturated rings. The van der Waals surface area contributed by atoms with Gasteiger partial charge in [0.15, 0.2) is 0 Å². The molecule has 1 atom stereocenters. The average molecular weight is 413 g/mol. The van der Waals surface area contributed by atoms with Crippen LogP contribution in [0.25, 0.3) is 10.9 Å². The molecule has 0 radical (unpaired) electrons. The van der Waals surface area contributed by atoms with Gasteiger partial charge in [0.1, 0.15) is 0 Å². The van der Waals surface area contributed by atoms with Gasteiger partial charge in [0.25, 0.3) is 0 Å². The van der Waals surface area contributed by atoms with E-state index in [2.05, 4.69) is 115 Å². The highest BCUT2D eigenvalue weighted by Gasteiger charge is 2.21. The van der Waals surface area contributed by atoms with E-state index in [0.717, 1.165) is 6.16 Å². The fraction of sp³-hybridized carbons (Fsp3) is 0.0370. The molecule has 0 aromatic heterocycles. The molecule has 0 aliphatic carbocycles. The Hall–Kier alpha value is -2.66. The zero-order valence-corrected chi connectivity index (χ0v) is 17.7. The maximum atomic E-state index is 7.22. The minimum absolute atomic E-state index is 0.838. The summed E-state index contributed by atoms with van der Waals surface area (Å²) >= 11 is 7.22. The SMILES string of the molecule is ClP(Cc1ccccc1)C(=C(c1ccccc1)c1ccccc1)c1ccccc1. The van der Waals surface area contributed by atoms with E-state index in [4.69, 9.17) is 11.2 Å². The lowest BCUT2D eigenvalue weighted by Gasteiger charge is -2.21. The molecule has 0 saturated carbocycles. The average Bonchev–Trinajstić information content (AvgIpc) is 2.79. The quantitative estimate of drug-likeness (QED) is 0.220. The van der Waals surface area contributed by atoms with E-state index in [1.807, 2.05) is 6.07 Å². The fourth-order valence-electron chi connectivity index (χ4n) is 3.47. The van der Waals surface area contributed by atoms with Gasteiger partial charge in [-0.05, 0) is 27.8 Å². The zero-order valence-electron chi connectivity index (χ0n) is 16.1. The topological polar surface area (TPSA) is 0 Å². The molecule has 2 heteroatoms. The minimum Gasteiger partial charge on any atom is -0.0908 e. The first kappa shape index (κ1) is 19.6. The molecule has 0 spiro atoms. The van der Waals surface area contributed by atoms with Crippen molar-refractivity contribution in [3.63, 3.8) is 0 Å². The normalized spacial score (nSPS) is 11.6. The second-order valence-electron chi connectivity index (χ2n) is 6.83. The molecule has 0 bridgehead atoms. The van der Waals surface area contributed by atoms with Crippen molar-refractivity contribution in [2.45, 2.75) is 6.16 Å². The Morgan fingerprint density at radius 1 is 0.517 bits per heavy atom. The van der Waals surface area contributed by atoms with E-state index in [0.29, 0.717) is 0 Å². The van der Waals surface area contributed by atoms with Gasteiger partial charge in [0.05, 0.1) is 0 Å². The minimum atomic E-state index is -0.931. The van der Waals surface area contributed by atoms with Crippen LogP contribution in [0, 0.1) is 0 Å². The third-order valence-electron chi connectivity index (χ3n) is 4.82. The molecule has 1 unspecified atom stereocenters. The zero-order chi connectivity index (χ0) is 19.9. The van der Waals surface area contributed by atoms with Crippen molar-refractivity contribution < 1.29 is 0 Å². The van der Waals surface area contributed by atoms with Gasteiger partial charge in [-0.25, -0.2) is 0 Å². The van der Waals surface area contributed by atoms with Crippen LogP contribution in [0.4, 0.5) is 0 Å². The second-order valence-corrected chi connectivity index (χ2v) is 9.54. The first-order chi connectivity index (χ1) is 14.3. The summed E-state index contributed by atoms with van der Waals surface area (Å²) in [4.78, 5) is 0. The van der Waals surface area contributed by atoms with Crippen LogP contribution in [-0.2, 0) is 6.16 Å². The Kier molecular flexibility index (Phi) is 6.57. The van der Waals surface area contributed by atoms with Crippen molar-refractivity contribution in [3.8, 4) is 0 Å². The first-order valence-corrected chi connectivity index (χ1v) is 12.1. The summed E-state index contributed by atoms with van der Waals surface area (Å²) < 4.78 is 0. The molecular formula is C27H22ClP. The predicted octanol–water partition coefficient (Wildman–Crippen LogP) is 8.44. The van der Waals surface area contributed by atoms with Gasteiger partial charge in [-0.1, -0.05) is 133 Å². The highest BCUT2D eigenvalue weighted by molar-refractivity contribution is 7.91. The summed E-state index contributed by atoms with van der Waals surface area (Å²) in [5, 5.41) is 1.23. The third kappa shape index (κ3) is 4.85. The Labute approximate surface area is 179 Å². The Morgan fingerprint density at radius 3 is 1.34 bits per heavy atom. The van der Waals surface area contributed by atoms with Gasteiger partial charge < -0.3 is 0 Å². The molecule has 0 heterocycles. The Balaban J connectivity index is 1.93. The largest absolute Gasteiger partial charge is 0.0908 e. The van der Waals surface area contributed by atoms with Crippen LogP contribution >= 0.6 is 18.5 Å². The van der Waals surface area contributed by atoms with Gasteiger partial charge in [0.2, 0.25) is 0 Å². The van der Waals surface area contributed by atoms with Crippen LogP contribution in [0.1, 0.15) is 22.3 Å². The van der Waals surface area contributed by atoms with E-state index in [9.17, 15) is 0 Å². The van der Waals surface area contributed by atoms with E-state index in [-0.39, 0.29) is 0 Å². The number of halogens is 1. The van der Waals surface area contributed by atoms with E-state index in [1.165, 1.54) is 33.1 Å². The molecule has 0 nitrogen and oxygen atoms in total.